The third-order valence-electron chi connectivity index (χ3n) is 1.94. The highest BCUT2D eigenvalue weighted by Crippen LogP contribution is 1.95. The second-order valence-corrected chi connectivity index (χ2v) is 3.49. The first kappa shape index (κ1) is 16.3. The van der Waals surface area contributed by atoms with Gasteiger partial charge in [-0.2, -0.15) is 0 Å². The zero-order valence-corrected chi connectivity index (χ0v) is 10.3. The molecule has 0 rings (SSSR count). The van der Waals surface area contributed by atoms with E-state index >= 15 is 0 Å². The Labute approximate surface area is 105 Å². The standard InChI is InChI=1S/C10H19N3O5/c1-2-18-10(17)7(6-9(15)16)12-13-8(14)4-3-5-11/h7,12H,2-6,11H2,1H3,(H,13,14)(H,15,16)/t7-/m0/s1. The highest BCUT2D eigenvalue weighted by Gasteiger charge is 2.23. The molecule has 0 aromatic rings. The van der Waals surface area contributed by atoms with E-state index in [1.54, 1.807) is 6.92 Å². The molecule has 0 aromatic heterocycles. The van der Waals surface area contributed by atoms with E-state index in [2.05, 4.69) is 15.6 Å². The third kappa shape index (κ3) is 7.58. The summed E-state index contributed by atoms with van der Waals surface area (Å²) in [4.78, 5) is 33.2. The fourth-order valence-electron chi connectivity index (χ4n) is 1.10. The fraction of sp³-hybridized carbons (Fsp3) is 0.700. The van der Waals surface area contributed by atoms with E-state index in [9.17, 15) is 14.4 Å². The molecule has 1 atom stereocenters. The fourth-order valence-corrected chi connectivity index (χ4v) is 1.10. The van der Waals surface area contributed by atoms with Gasteiger partial charge in [-0.05, 0) is 19.9 Å². The van der Waals surface area contributed by atoms with Gasteiger partial charge in [0.1, 0.15) is 6.04 Å². The van der Waals surface area contributed by atoms with Crippen molar-refractivity contribution in [2.75, 3.05) is 13.2 Å². The molecule has 0 aliphatic rings. The van der Waals surface area contributed by atoms with Crippen molar-refractivity contribution < 1.29 is 24.2 Å². The van der Waals surface area contributed by atoms with Gasteiger partial charge in [-0.3, -0.25) is 19.8 Å². The molecule has 18 heavy (non-hydrogen) atoms. The SMILES string of the molecule is CCOC(=O)[C@H](CC(=O)O)NNC(=O)CCCN. The first-order valence-electron chi connectivity index (χ1n) is 5.64. The second-order valence-electron chi connectivity index (χ2n) is 3.49. The summed E-state index contributed by atoms with van der Waals surface area (Å²) < 4.78 is 4.68. The Kier molecular flexibility index (Phi) is 8.50. The average Bonchev–Trinajstić information content (AvgIpc) is 2.31. The lowest BCUT2D eigenvalue weighted by Gasteiger charge is -2.16. The molecule has 0 heterocycles. The van der Waals surface area contributed by atoms with Crippen LogP contribution in [0.4, 0.5) is 0 Å². The first-order chi connectivity index (χ1) is 8.51. The molecule has 8 heteroatoms. The van der Waals surface area contributed by atoms with Gasteiger partial charge in [0.15, 0.2) is 0 Å². The number of hydrazine groups is 1. The lowest BCUT2D eigenvalue weighted by atomic mass is 10.2. The van der Waals surface area contributed by atoms with Gasteiger partial charge in [-0.1, -0.05) is 0 Å². The smallest absolute Gasteiger partial charge is 0.325 e. The minimum atomic E-state index is -1.17. The number of ether oxygens (including phenoxy) is 1. The largest absolute Gasteiger partial charge is 0.481 e. The van der Waals surface area contributed by atoms with Crippen molar-refractivity contribution in [2.45, 2.75) is 32.2 Å². The molecule has 0 aliphatic heterocycles. The molecule has 0 saturated carbocycles. The van der Waals surface area contributed by atoms with Gasteiger partial charge in [0.05, 0.1) is 13.0 Å². The quantitative estimate of drug-likeness (QED) is 0.301. The maximum Gasteiger partial charge on any atom is 0.325 e. The average molecular weight is 261 g/mol. The number of nitrogens with two attached hydrogens (primary N) is 1. The molecule has 8 nitrogen and oxygen atoms in total. The molecule has 0 radical (unpaired) electrons. The van der Waals surface area contributed by atoms with Crippen molar-refractivity contribution in [3.05, 3.63) is 0 Å². The van der Waals surface area contributed by atoms with E-state index in [1.807, 2.05) is 0 Å². The number of carboxylic acids is 1. The Morgan fingerprint density at radius 1 is 1.39 bits per heavy atom. The summed E-state index contributed by atoms with van der Waals surface area (Å²) in [5.41, 5.74) is 9.84. The molecular formula is C10H19N3O5. The van der Waals surface area contributed by atoms with Crippen molar-refractivity contribution in [2.24, 2.45) is 5.73 Å². The van der Waals surface area contributed by atoms with Crippen LogP contribution in [0.1, 0.15) is 26.2 Å². The summed E-state index contributed by atoms with van der Waals surface area (Å²) in [7, 11) is 0. The van der Waals surface area contributed by atoms with E-state index in [0.717, 1.165) is 0 Å². The Balaban J connectivity index is 4.19. The Morgan fingerprint density at radius 3 is 2.56 bits per heavy atom. The van der Waals surface area contributed by atoms with Crippen LogP contribution in [0.15, 0.2) is 0 Å². The van der Waals surface area contributed by atoms with Crippen LogP contribution in [0.2, 0.25) is 0 Å². The lowest BCUT2D eigenvalue weighted by molar-refractivity contribution is -0.150. The van der Waals surface area contributed by atoms with E-state index in [1.165, 1.54) is 0 Å². The summed E-state index contributed by atoms with van der Waals surface area (Å²) in [5, 5.41) is 8.63. The van der Waals surface area contributed by atoms with E-state index in [0.29, 0.717) is 13.0 Å². The first-order valence-corrected chi connectivity index (χ1v) is 5.64. The van der Waals surface area contributed by atoms with Crippen LogP contribution in [0.5, 0.6) is 0 Å². The Hall–Kier alpha value is -1.67. The monoisotopic (exact) mass is 261 g/mol. The number of esters is 1. The number of aliphatic carboxylic acids is 1. The van der Waals surface area contributed by atoms with Gasteiger partial charge in [0.2, 0.25) is 5.91 Å². The van der Waals surface area contributed by atoms with E-state index in [-0.39, 0.29) is 18.9 Å². The van der Waals surface area contributed by atoms with Crippen molar-refractivity contribution in [1.82, 2.24) is 10.9 Å². The van der Waals surface area contributed by atoms with Gasteiger partial charge < -0.3 is 15.6 Å². The molecule has 0 saturated heterocycles. The van der Waals surface area contributed by atoms with E-state index in [4.69, 9.17) is 10.8 Å². The highest BCUT2D eigenvalue weighted by atomic mass is 16.5. The molecule has 0 bridgehead atoms. The summed E-state index contributed by atoms with van der Waals surface area (Å²) in [5.74, 6) is -2.25. The topological polar surface area (TPSA) is 131 Å². The molecule has 0 spiro atoms. The number of carbonyl (C=O) groups is 3. The number of nitrogens with one attached hydrogen (secondary N) is 2. The van der Waals surface area contributed by atoms with Gasteiger partial charge in [-0.25, -0.2) is 5.43 Å². The molecule has 0 unspecified atom stereocenters. The highest BCUT2D eigenvalue weighted by molar-refractivity contribution is 5.82. The minimum Gasteiger partial charge on any atom is -0.481 e. The second kappa shape index (κ2) is 9.37. The van der Waals surface area contributed by atoms with Crippen molar-refractivity contribution in [3.63, 3.8) is 0 Å². The van der Waals surface area contributed by atoms with Crippen LogP contribution < -0.4 is 16.6 Å². The number of rotatable bonds is 9. The van der Waals surface area contributed by atoms with Crippen LogP contribution in [-0.2, 0) is 19.1 Å². The Bertz CT molecular complexity index is 295. The number of hydrogen-bond donors (Lipinski definition) is 4. The molecule has 104 valence electrons. The summed E-state index contributed by atoms with van der Waals surface area (Å²) in [6.45, 7) is 2.12. The molecular weight excluding hydrogens is 242 g/mol. The Morgan fingerprint density at radius 2 is 2.06 bits per heavy atom. The zero-order valence-electron chi connectivity index (χ0n) is 10.3. The van der Waals surface area contributed by atoms with Gasteiger partial charge in [0, 0.05) is 6.42 Å². The molecule has 0 aliphatic carbocycles. The molecule has 0 fully saturated rings. The number of carbonyl (C=O) groups excluding carboxylic acids is 2. The predicted octanol–water partition coefficient (Wildman–Crippen LogP) is -1.25. The summed E-state index contributed by atoms with van der Waals surface area (Å²) >= 11 is 0. The number of amides is 1. The molecule has 0 aromatic carbocycles. The van der Waals surface area contributed by atoms with Gasteiger partial charge >= 0.3 is 11.9 Å². The van der Waals surface area contributed by atoms with Gasteiger partial charge in [-0.15, -0.1) is 0 Å². The van der Waals surface area contributed by atoms with Crippen LogP contribution >= 0.6 is 0 Å². The number of hydrogen-bond acceptors (Lipinski definition) is 6. The van der Waals surface area contributed by atoms with Crippen LogP contribution in [0.25, 0.3) is 0 Å². The predicted molar refractivity (Wildman–Crippen MR) is 62.2 cm³/mol. The summed E-state index contributed by atoms with van der Waals surface area (Å²) in [6, 6.07) is -1.11. The number of carboxylic acid groups (broad SMARTS) is 1. The van der Waals surface area contributed by atoms with Crippen molar-refractivity contribution in [1.29, 1.82) is 0 Å². The normalized spacial score (nSPS) is 11.7. The van der Waals surface area contributed by atoms with Crippen LogP contribution in [0.3, 0.4) is 0 Å². The van der Waals surface area contributed by atoms with Crippen molar-refractivity contribution in [3.8, 4) is 0 Å². The van der Waals surface area contributed by atoms with Crippen LogP contribution in [0, 0.1) is 0 Å². The zero-order chi connectivity index (χ0) is 14.0. The van der Waals surface area contributed by atoms with Crippen molar-refractivity contribution >= 4 is 17.8 Å². The minimum absolute atomic E-state index is 0.137. The molecule has 1 amide bonds. The molecule has 5 N–H and O–H groups in total. The van der Waals surface area contributed by atoms with E-state index < -0.39 is 24.4 Å². The third-order valence-corrected chi connectivity index (χ3v) is 1.94. The van der Waals surface area contributed by atoms with Crippen LogP contribution in [-0.4, -0.2) is 42.1 Å². The maximum atomic E-state index is 11.4. The maximum absolute atomic E-state index is 11.4. The summed E-state index contributed by atoms with van der Waals surface area (Å²) in [6.07, 6.45) is 0.235. The lowest BCUT2D eigenvalue weighted by Crippen LogP contribution is -2.49. The van der Waals surface area contributed by atoms with Gasteiger partial charge in [0.25, 0.3) is 0 Å².